The number of amides is 1. The summed E-state index contributed by atoms with van der Waals surface area (Å²) in [5, 5.41) is 7.26. The van der Waals surface area contributed by atoms with E-state index in [2.05, 4.69) is 31.2 Å². The van der Waals surface area contributed by atoms with Crippen molar-refractivity contribution in [1.29, 1.82) is 0 Å². The molecule has 5 heteroatoms. The largest absolute Gasteiger partial charge is 0.330 e. The van der Waals surface area contributed by atoms with E-state index in [1.807, 2.05) is 20.9 Å². The fourth-order valence-electron chi connectivity index (χ4n) is 2.20. The summed E-state index contributed by atoms with van der Waals surface area (Å²) in [5.74, 6) is -0.185. The molecule has 1 aromatic heterocycles. The topological polar surface area (TPSA) is 72.9 Å². The van der Waals surface area contributed by atoms with Crippen molar-refractivity contribution in [3.05, 3.63) is 11.4 Å². The van der Waals surface area contributed by atoms with E-state index in [0.717, 1.165) is 23.5 Å². The maximum absolute atomic E-state index is 12.3. The minimum absolute atomic E-state index is 0.0170. The highest BCUT2D eigenvalue weighted by molar-refractivity contribution is 5.93. The lowest BCUT2D eigenvalue weighted by atomic mass is 9.84. The van der Waals surface area contributed by atoms with Crippen molar-refractivity contribution in [2.45, 2.75) is 41.0 Å². The van der Waals surface area contributed by atoms with Crippen LogP contribution >= 0.6 is 0 Å². The van der Waals surface area contributed by atoms with Crippen LogP contribution in [0.25, 0.3) is 0 Å². The van der Waals surface area contributed by atoms with Crippen LogP contribution in [0.3, 0.4) is 0 Å². The number of aryl methyl sites for hydroxylation is 2. The maximum atomic E-state index is 12.3. The Hall–Kier alpha value is -1.36. The zero-order chi connectivity index (χ0) is 14.8. The van der Waals surface area contributed by atoms with Crippen LogP contribution < -0.4 is 11.1 Å². The average Bonchev–Trinajstić information content (AvgIpc) is 2.51. The molecule has 1 amide bonds. The van der Waals surface area contributed by atoms with Crippen molar-refractivity contribution in [2.24, 2.45) is 24.1 Å². The molecular weight excluding hydrogens is 240 g/mol. The van der Waals surface area contributed by atoms with Gasteiger partial charge in [-0.05, 0) is 25.7 Å². The summed E-state index contributed by atoms with van der Waals surface area (Å²) in [5.41, 5.74) is 8.41. The monoisotopic (exact) mass is 266 g/mol. The number of nitrogens with one attached hydrogen (secondary N) is 1. The maximum Gasteiger partial charge on any atom is 0.228 e. The highest BCUT2D eigenvalue weighted by Crippen LogP contribution is 2.26. The molecular formula is C14H26N4O. The number of anilines is 1. The molecule has 0 aromatic carbocycles. The number of hydrogen-bond donors (Lipinski definition) is 2. The van der Waals surface area contributed by atoms with Gasteiger partial charge in [0.05, 0.1) is 23.0 Å². The molecule has 0 fully saturated rings. The summed E-state index contributed by atoms with van der Waals surface area (Å²) in [7, 11) is 1.87. The Kier molecular flexibility index (Phi) is 4.74. The van der Waals surface area contributed by atoms with E-state index in [0.29, 0.717) is 6.54 Å². The van der Waals surface area contributed by atoms with E-state index < -0.39 is 0 Å². The summed E-state index contributed by atoms with van der Waals surface area (Å²) in [6, 6.07) is 0. The second-order valence-corrected chi connectivity index (χ2v) is 6.36. The van der Waals surface area contributed by atoms with Gasteiger partial charge < -0.3 is 11.1 Å². The number of nitrogens with zero attached hydrogens (tertiary/aromatic N) is 2. The first-order valence-electron chi connectivity index (χ1n) is 6.67. The van der Waals surface area contributed by atoms with Crippen molar-refractivity contribution >= 4 is 11.6 Å². The van der Waals surface area contributed by atoms with Crippen LogP contribution in [-0.4, -0.2) is 22.2 Å². The molecule has 108 valence electrons. The van der Waals surface area contributed by atoms with Gasteiger partial charge in [0, 0.05) is 13.6 Å². The molecule has 0 spiro atoms. The molecule has 1 unspecified atom stereocenters. The Bertz CT molecular complexity index is 457. The molecule has 1 rings (SSSR count). The van der Waals surface area contributed by atoms with E-state index >= 15 is 0 Å². The smallest absolute Gasteiger partial charge is 0.228 e. The van der Waals surface area contributed by atoms with E-state index in [-0.39, 0.29) is 17.2 Å². The highest BCUT2D eigenvalue weighted by Gasteiger charge is 2.25. The van der Waals surface area contributed by atoms with E-state index in [1.54, 1.807) is 4.68 Å². The van der Waals surface area contributed by atoms with Gasteiger partial charge in [-0.25, -0.2) is 0 Å². The van der Waals surface area contributed by atoms with Crippen LogP contribution in [0.4, 0.5) is 5.69 Å². The fourth-order valence-corrected chi connectivity index (χ4v) is 2.20. The predicted molar refractivity (Wildman–Crippen MR) is 77.9 cm³/mol. The molecule has 1 heterocycles. The molecule has 0 aliphatic carbocycles. The molecule has 0 saturated heterocycles. The number of nitrogens with two attached hydrogens (primary N) is 1. The van der Waals surface area contributed by atoms with Crippen molar-refractivity contribution < 1.29 is 4.79 Å². The van der Waals surface area contributed by atoms with Gasteiger partial charge in [-0.2, -0.15) is 5.10 Å². The lowest BCUT2D eigenvalue weighted by molar-refractivity contribution is -0.120. The first-order valence-corrected chi connectivity index (χ1v) is 6.67. The lowest BCUT2D eigenvalue weighted by Crippen LogP contribution is -2.32. The van der Waals surface area contributed by atoms with Gasteiger partial charge in [0.2, 0.25) is 5.91 Å². The first-order chi connectivity index (χ1) is 8.65. The van der Waals surface area contributed by atoms with E-state index in [4.69, 9.17) is 5.73 Å². The zero-order valence-corrected chi connectivity index (χ0v) is 12.9. The third kappa shape index (κ3) is 4.06. The van der Waals surface area contributed by atoms with Gasteiger partial charge in [0.25, 0.3) is 0 Å². The van der Waals surface area contributed by atoms with E-state index in [9.17, 15) is 4.79 Å². The molecule has 0 aliphatic heterocycles. The van der Waals surface area contributed by atoms with Crippen molar-refractivity contribution in [1.82, 2.24) is 9.78 Å². The number of carbonyl (C=O) groups is 1. The Morgan fingerprint density at radius 2 is 2.00 bits per heavy atom. The van der Waals surface area contributed by atoms with Crippen molar-refractivity contribution in [2.75, 3.05) is 11.9 Å². The Morgan fingerprint density at radius 3 is 2.37 bits per heavy atom. The van der Waals surface area contributed by atoms with Crippen LogP contribution in [0.2, 0.25) is 0 Å². The van der Waals surface area contributed by atoms with Crippen LogP contribution in [0, 0.1) is 25.2 Å². The van der Waals surface area contributed by atoms with Crippen LogP contribution in [-0.2, 0) is 11.8 Å². The molecule has 0 radical (unpaired) electrons. The number of carbonyl (C=O) groups excluding carboxylic acids is 1. The minimum atomic E-state index is -0.168. The Morgan fingerprint density at radius 1 is 1.42 bits per heavy atom. The van der Waals surface area contributed by atoms with Crippen LogP contribution in [0.5, 0.6) is 0 Å². The molecule has 0 bridgehead atoms. The SMILES string of the molecule is Cc1nn(C)c(C)c1NC(=O)C(CN)CC(C)(C)C. The zero-order valence-electron chi connectivity index (χ0n) is 12.9. The Labute approximate surface area is 115 Å². The first kappa shape index (κ1) is 15.7. The number of aromatic nitrogens is 2. The molecule has 3 N–H and O–H groups in total. The second-order valence-electron chi connectivity index (χ2n) is 6.36. The van der Waals surface area contributed by atoms with Crippen LogP contribution in [0.15, 0.2) is 0 Å². The third-order valence-corrected chi connectivity index (χ3v) is 3.27. The average molecular weight is 266 g/mol. The molecule has 0 saturated carbocycles. The molecule has 1 atom stereocenters. The fraction of sp³-hybridized carbons (Fsp3) is 0.714. The van der Waals surface area contributed by atoms with Gasteiger partial charge in [-0.15, -0.1) is 0 Å². The molecule has 19 heavy (non-hydrogen) atoms. The summed E-state index contributed by atoms with van der Waals surface area (Å²) >= 11 is 0. The van der Waals surface area contributed by atoms with Gasteiger partial charge in [-0.1, -0.05) is 20.8 Å². The van der Waals surface area contributed by atoms with Crippen molar-refractivity contribution in [3.63, 3.8) is 0 Å². The lowest BCUT2D eigenvalue weighted by Gasteiger charge is -2.24. The highest BCUT2D eigenvalue weighted by atomic mass is 16.1. The summed E-state index contributed by atoms with van der Waals surface area (Å²) in [6.45, 7) is 10.5. The van der Waals surface area contributed by atoms with Gasteiger partial charge >= 0.3 is 0 Å². The number of rotatable bonds is 4. The van der Waals surface area contributed by atoms with E-state index in [1.165, 1.54) is 0 Å². The van der Waals surface area contributed by atoms with Gasteiger partial charge in [-0.3, -0.25) is 9.48 Å². The van der Waals surface area contributed by atoms with Crippen LogP contribution in [0.1, 0.15) is 38.6 Å². The normalized spacial score (nSPS) is 13.4. The molecule has 5 nitrogen and oxygen atoms in total. The third-order valence-electron chi connectivity index (χ3n) is 3.27. The molecule has 1 aromatic rings. The summed E-state index contributed by atoms with van der Waals surface area (Å²) < 4.78 is 1.77. The summed E-state index contributed by atoms with van der Waals surface area (Å²) in [6.07, 6.45) is 0.772. The molecule has 0 aliphatic rings. The predicted octanol–water partition coefficient (Wildman–Crippen LogP) is 1.99. The minimum Gasteiger partial charge on any atom is -0.330 e. The van der Waals surface area contributed by atoms with Crippen molar-refractivity contribution in [3.8, 4) is 0 Å². The summed E-state index contributed by atoms with van der Waals surface area (Å²) in [4.78, 5) is 12.3. The standard InChI is InChI=1S/C14H26N4O/c1-9-12(10(2)18(6)17-9)16-13(19)11(8-15)7-14(3,4)5/h11H,7-8,15H2,1-6H3,(H,16,19). The second kappa shape index (κ2) is 5.74. The number of hydrogen-bond acceptors (Lipinski definition) is 3. The quantitative estimate of drug-likeness (QED) is 0.875. The van der Waals surface area contributed by atoms with Gasteiger partial charge in [0.1, 0.15) is 0 Å². The Balaban J connectivity index is 2.83. The van der Waals surface area contributed by atoms with Gasteiger partial charge in [0.15, 0.2) is 0 Å².